The topological polar surface area (TPSA) is 76.1 Å². The average molecular weight is 351 g/mol. The predicted octanol–water partition coefficient (Wildman–Crippen LogP) is 2.32. The van der Waals surface area contributed by atoms with Crippen molar-refractivity contribution in [3.05, 3.63) is 29.8 Å². The lowest BCUT2D eigenvalue weighted by atomic mass is 10.1. The first-order chi connectivity index (χ1) is 11.7. The molecular weight excluding hydrogens is 322 g/mol. The summed E-state index contributed by atoms with van der Waals surface area (Å²) < 4.78 is 10.6. The molecule has 1 aromatic carbocycles. The van der Waals surface area contributed by atoms with Crippen LogP contribution in [-0.2, 0) is 25.5 Å². The van der Waals surface area contributed by atoms with Gasteiger partial charge in [0.05, 0.1) is 12.7 Å². The van der Waals surface area contributed by atoms with Crippen molar-refractivity contribution in [3.63, 3.8) is 0 Å². The first-order valence-corrected chi connectivity index (χ1v) is 8.51. The van der Waals surface area contributed by atoms with Crippen LogP contribution in [0, 0.1) is 0 Å². The molecule has 0 aliphatic rings. The maximum absolute atomic E-state index is 11.8. The molecule has 140 valence electrons. The molecule has 0 heterocycles. The molecule has 0 aliphatic heterocycles. The third-order valence-corrected chi connectivity index (χ3v) is 3.58. The highest BCUT2D eigenvalue weighted by Gasteiger charge is 2.28. The molecular formula is C19H29NO5. The van der Waals surface area contributed by atoms with Gasteiger partial charge in [-0.1, -0.05) is 19.1 Å². The molecule has 0 aromatic heterocycles. The fourth-order valence-electron chi connectivity index (χ4n) is 2.18. The van der Waals surface area contributed by atoms with Gasteiger partial charge < -0.3 is 19.5 Å². The second-order valence-electron chi connectivity index (χ2n) is 6.88. The number of carbonyl (C=O) groups is 2. The monoisotopic (exact) mass is 351 g/mol. The van der Waals surface area contributed by atoms with Crippen LogP contribution >= 0.6 is 0 Å². The smallest absolute Gasteiger partial charge is 0.338 e. The normalized spacial score (nSPS) is 13.8. The van der Waals surface area contributed by atoms with Crippen LogP contribution in [0.5, 0.6) is 0 Å². The van der Waals surface area contributed by atoms with Crippen molar-refractivity contribution >= 4 is 18.1 Å². The molecule has 0 bridgehead atoms. The van der Waals surface area contributed by atoms with Crippen molar-refractivity contribution in [3.8, 4) is 0 Å². The lowest BCUT2D eigenvalue weighted by Crippen LogP contribution is -2.40. The quantitative estimate of drug-likeness (QED) is 0.546. The van der Waals surface area contributed by atoms with E-state index in [4.69, 9.17) is 9.47 Å². The van der Waals surface area contributed by atoms with Crippen LogP contribution in [0.15, 0.2) is 24.3 Å². The number of esters is 1. The Labute approximate surface area is 149 Å². The highest BCUT2D eigenvalue weighted by atomic mass is 16.6. The van der Waals surface area contributed by atoms with Crippen molar-refractivity contribution in [2.24, 2.45) is 0 Å². The number of ether oxygens (including phenoxy) is 2. The minimum absolute atomic E-state index is 0.191. The molecule has 0 saturated carbocycles. The molecule has 1 rings (SSSR count). The van der Waals surface area contributed by atoms with Crippen LogP contribution in [0.25, 0.3) is 0 Å². The molecule has 0 saturated heterocycles. The van der Waals surface area contributed by atoms with Crippen molar-refractivity contribution in [1.29, 1.82) is 0 Å². The Morgan fingerprint density at radius 3 is 2.60 bits per heavy atom. The second kappa shape index (κ2) is 9.53. The Balaban J connectivity index is 2.53. The highest BCUT2D eigenvalue weighted by molar-refractivity contribution is 5.76. The van der Waals surface area contributed by atoms with Crippen LogP contribution in [0.2, 0.25) is 0 Å². The average Bonchev–Trinajstić information content (AvgIpc) is 2.56. The number of aliphatic hydroxyl groups excluding tert-OH is 1. The Morgan fingerprint density at radius 2 is 2.04 bits per heavy atom. The summed E-state index contributed by atoms with van der Waals surface area (Å²) in [5.74, 6) is -0.720. The van der Waals surface area contributed by atoms with Gasteiger partial charge in [0.25, 0.3) is 0 Å². The van der Waals surface area contributed by atoms with E-state index in [1.54, 1.807) is 27.7 Å². The molecule has 1 aromatic rings. The molecule has 6 heteroatoms. The second-order valence-corrected chi connectivity index (χ2v) is 6.88. The number of aryl methyl sites for hydroxylation is 1. The minimum atomic E-state index is -1.37. The van der Waals surface area contributed by atoms with Gasteiger partial charge in [0, 0.05) is 12.2 Å². The molecule has 0 aliphatic carbocycles. The Hall–Kier alpha value is -1.92. The van der Waals surface area contributed by atoms with Gasteiger partial charge in [-0.3, -0.25) is 4.79 Å². The van der Waals surface area contributed by atoms with E-state index in [2.05, 4.69) is 0 Å². The Bertz CT molecular complexity index is 567. The number of hydrogen-bond donors (Lipinski definition) is 1. The first kappa shape index (κ1) is 21.1. The van der Waals surface area contributed by atoms with E-state index < -0.39 is 23.8 Å². The fourth-order valence-corrected chi connectivity index (χ4v) is 2.18. The van der Waals surface area contributed by atoms with Gasteiger partial charge in [-0.05, 0) is 51.8 Å². The summed E-state index contributed by atoms with van der Waals surface area (Å²) in [5, 5.41) is 9.97. The van der Waals surface area contributed by atoms with E-state index in [-0.39, 0.29) is 6.61 Å². The summed E-state index contributed by atoms with van der Waals surface area (Å²) in [7, 11) is 0. The fraction of sp³-hybridized carbons (Fsp3) is 0.579. The van der Waals surface area contributed by atoms with Crippen molar-refractivity contribution in [1.82, 2.24) is 0 Å². The summed E-state index contributed by atoms with van der Waals surface area (Å²) in [4.78, 5) is 24.7. The number of hydrogen-bond acceptors (Lipinski definition) is 5. The largest absolute Gasteiger partial charge is 0.458 e. The number of nitrogens with zero attached hydrogens (tertiary/aromatic N) is 1. The number of anilines is 1. The number of amides is 1. The van der Waals surface area contributed by atoms with Crippen molar-refractivity contribution in [2.75, 3.05) is 18.1 Å². The van der Waals surface area contributed by atoms with Gasteiger partial charge in [-0.2, -0.15) is 0 Å². The molecule has 25 heavy (non-hydrogen) atoms. The summed E-state index contributed by atoms with van der Waals surface area (Å²) >= 11 is 0. The van der Waals surface area contributed by atoms with E-state index in [9.17, 15) is 14.7 Å². The molecule has 0 unspecified atom stereocenters. The van der Waals surface area contributed by atoms with E-state index in [0.717, 1.165) is 24.1 Å². The Morgan fingerprint density at radius 1 is 1.36 bits per heavy atom. The van der Waals surface area contributed by atoms with Gasteiger partial charge in [-0.15, -0.1) is 0 Å². The van der Waals surface area contributed by atoms with Crippen LogP contribution in [0.3, 0.4) is 0 Å². The van der Waals surface area contributed by atoms with E-state index in [1.807, 2.05) is 31.2 Å². The maximum atomic E-state index is 11.8. The van der Waals surface area contributed by atoms with Gasteiger partial charge in [0.2, 0.25) is 6.41 Å². The summed E-state index contributed by atoms with van der Waals surface area (Å²) in [6.07, 6.45) is -0.471. The van der Waals surface area contributed by atoms with E-state index in [0.29, 0.717) is 6.54 Å². The van der Waals surface area contributed by atoms with Gasteiger partial charge in [0.15, 0.2) is 6.10 Å². The van der Waals surface area contributed by atoms with Crippen LogP contribution in [0.4, 0.5) is 5.69 Å². The predicted molar refractivity (Wildman–Crippen MR) is 96.5 cm³/mol. The van der Waals surface area contributed by atoms with Crippen molar-refractivity contribution in [2.45, 2.75) is 58.8 Å². The highest BCUT2D eigenvalue weighted by Crippen LogP contribution is 2.16. The maximum Gasteiger partial charge on any atom is 0.338 e. The van der Waals surface area contributed by atoms with Crippen molar-refractivity contribution < 1.29 is 24.2 Å². The standard InChI is InChI=1S/C19H29NO5/c1-6-15-8-7-9-16(12-15)20(13-21)10-11-24-14(2)17(22)18(23)25-19(3,4)5/h7-9,12-14,17,22H,6,10-11H2,1-5H3/t14-,17+/m0/s1. The Kier molecular flexibility index (Phi) is 8.06. The molecule has 6 nitrogen and oxygen atoms in total. The lowest BCUT2D eigenvalue weighted by Gasteiger charge is -2.25. The molecule has 1 amide bonds. The summed E-state index contributed by atoms with van der Waals surface area (Å²) in [6.45, 7) is 9.35. The number of rotatable bonds is 9. The molecule has 0 fully saturated rings. The zero-order valence-corrected chi connectivity index (χ0v) is 15.7. The van der Waals surface area contributed by atoms with Crippen LogP contribution in [0.1, 0.15) is 40.2 Å². The minimum Gasteiger partial charge on any atom is -0.458 e. The van der Waals surface area contributed by atoms with Crippen LogP contribution < -0.4 is 4.90 Å². The third-order valence-electron chi connectivity index (χ3n) is 3.58. The molecule has 0 radical (unpaired) electrons. The number of carbonyl (C=O) groups excluding carboxylic acids is 2. The zero-order chi connectivity index (χ0) is 19.0. The van der Waals surface area contributed by atoms with Gasteiger partial charge in [-0.25, -0.2) is 4.79 Å². The number of aliphatic hydroxyl groups is 1. The van der Waals surface area contributed by atoms with Gasteiger partial charge in [0.1, 0.15) is 5.60 Å². The SMILES string of the molecule is CCc1cccc(N(C=O)CCO[C@@H](C)[C@@H](O)C(=O)OC(C)(C)C)c1. The van der Waals surface area contributed by atoms with E-state index in [1.165, 1.54) is 4.90 Å². The number of benzene rings is 1. The van der Waals surface area contributed by atoms with Crippen LogP contribution in [-0.4, -0.2) is 48.4 Å². The molecule has 0 spiro atoms. The first-order valence-electron chi connectivity index (χ1n) is 8.51. The summed E-state index contributed by atoms with van der Waals surface area (Å²) in [6, 6.07) is 7.71. The zero-order valence-electron chi connectivity index (χ0n) is 15.7. The lowest BCUT2D eigenvalue weighted by molar-refractivity contribution is -0.172. The third kappa shape index (κ3) is 7.23. The molecule has 2 atom stereocenters. The van der Waals surface area contributed by atoms with Gasteiger partial charge >= 0.3 is 5.97 Å². The molecule has 1 N–H and O–H groups in total. The summed E-state index contributed by atoms with van der Waals surface area (Å²) in [5.41, 5.74) is 1.26. The van der Waals surface area contributed by atoms with E-state index >= 15 is 0 Å².